The number of aromatic nitrogens is 1. The maximum Gasteiger partial charge on any atom is 0.417 e. The molecular weight excluding hydrogens is 431 g/mol. The summed E-state index contributed by atoms with van der Waals surface area (Å²) in [5.74, 6) is -1.17. The number of ether oxygens (including phenoxy) is 1. The van der Waals surface area contributed by atoms with Crippen molar-refractivity contribution in [1.29, 1.82) is 5.26 Å². The molecule has 0 saturated carbocycles. The number of pyridine rings is 1. The second-order valence-electron chi connectivity index (χ2n) is 6.15. The Balaban J connectivity index is 2.02. The fourth-order valence-corrected chi connectivity index (χ4v) is 3.29. The van der Waals surface area contributed by atoms with E-state index in [1.54, 1.807) is 37.3 Å². The molecule has 0 spiro atoms. The number of carbonyl (C=O) groups is 2. The Morgan fingerprint density at radius 2 is 1.97 bits per heavy atom. The fourth-order valence-electron chi connectivity index (χ4n) is 2.44. The maximum absolute atomic E-state index is 13.2. The summed E-state index contributed by atoms with van der Waals surface area (Å²) in [7, 11) is 0. The lowest BCUT2D eigenvalue weighted by atomic mass is 10.1. The lowest BCUT2D eigenvalue weighted by molar-refractivity contribution is -0.138. The van der Waals surface area contributed by atoms with Crippen LogP contribution in [0.25, 0.3) is 6.08 Å². The van der Waals surface area contributed by atoms with Crippen molar-refractivity contribution in [1.82, 2.24) is 4.98 Å². The third kappa shape index (κ3) is 7.15. The van der Waals surface area contributed by atoms with Crippen molar-refractivity contribution >= 4 is 35.4 Å². The topological polar surface area (TPSA) is 92.1 Å². The van der Waals surface area contributed by atoms with Gasteiger partial charge in [0.25, 0.3) is 0 Å². The summed E-state index contributed by atoms with van der Waals surface area (Å²) >= 11 is 0.754. The molecule has 6 nitrogen and oxygen atoms in total. The van der Waals surface area contributed by atoms with E-state index < -0.39 is 29.2 Å². The molecule has 1 aromatic carbocycles. The molecule has 0 bridgehead atoms. The van der Waals surface area contributed by atoms with Gasteiger partial charge in [-0.3, -0.25) is 4.79 Å². The summed E-state index contributed by atoms with van der Waals surface area (Å²) in [5.41, 5.74) is -0.401. The van der Waals surface area contributed by atoms with Crippen LogP contribution >= 0.6 is 11.8 Å². The van der Waals surface area contributed by atoms with Crippen molar-refractivity contribution in [3.8, 4) is 6.07 Å². The number of hydrogen-bond donors (Lipinski definition) is 1. The molecule has 2 rings (SSSR count). The maximum atomic E-state index is 13.2. The Morgan fingerprint density at radius 3 is 2.55 bits per heavy atom. The highest BCUT2D eigenvalue weighted by molar-refractivity contribution is 8.00. The van der Waals surface area contributed by atoms with Gasteiger partial charge in [-0.2, -0.15) is 18.4 Å². The van der Waals surface area contributed by atoms with Crippen molar-refractivity contribution in [3.63, 3.8) is 0 Å². The molecule has 0 aliphatic carbocycles. The second-order valence-corrected chi connectivity index (χ2v) is 7.11. The molecule has 0 radical (unpaired) electrons. The summed E-state index contributed by atoms with van der Waals surface area (Å²) in [4.78, 5) is 27.5. The summed E-state index contributed by atoms with van der Waals surface area (Å²) in [6.07, 6.45) is -1.85. The number of halogens is 3. The number of thioether (sulfide) groups is 1. The van der Waals surface area contributed by atoms with E-state index in [-0.39, 0.29) is 23.1 Å². The zero-order chi connectivity index (χ0) is 23.0. The van der Waals surface area contributed by atoms with Gasteiger partial charge in [0.05, 0.1) is 23.5 Å². The molecule has 0 unspecified atom stereocenters. The van der Waals surface area contributed by atoms with Crippen LogP contribution in [0.1, 0.15) is 29.3 Å². The highest BCUT2D eigenvalue weighted by Crippen LogP contribution is 2.35. The van der Waals surface area contributed by atoms with Crippen LogP contribution in [-0.4, -0.2) is 29.2 Å². The number of amides is 1. The number of nitrogens with zero attached hydrogens (tertiary/aromatic N) is 2. The van der Waals surface area contributed by atoms with E-state index in [1.165, 1.54) is 19.1 Å². The highest BCUT2D eigenvalue weighted by Gasteiger charge is 2.35. The van der Waals surface area contributed by atoms with E-state index in [0.717, 1.165) is 17.8 Å². The van der Waals surface area contributed by atoms with Gasteiger partial charge in [-0.1, -0.05) is 23.9 Å². The third-order valence-corrected chi connectivity index (χ3v) is 4.74. The first-order valence-corrected chi connectivity index (χ1v) is 9.99. The molecule has 0 aliphatic rings. The van der Waals surface area contributed by atoms with Gasteiger partial charge in [0.1, 0.15) is 11.1 Å². The Kier molecular flexibility index (Phi) is 8.22. The standard InChI is InChI=1S/C21H18F3N3O3S/c1-3-30-19(29)9-6-14-4-7-15(8-5-14)27-18(28)12-31-20-16(11-25)17(21(22,23)24)10-13(2)26-20/h4-10H,3,12H2,1-2H3,(H,27,28)/b9-6+. The largest absolute Gasteiger partial charge is 0.463 e. The molecule has 0 atom stereocenters. The predicted octanol–water partition coefficient (Wildman–Crippen LogP) is 4.59. The van der Waals surface area contributed by atoms with E-state index in [2.05, 4.69) is 10.3 Å². The van der Waals surface area contributed by atoms with E-state index in [1.807, 2.05) is 0 Å². The lowest BCUT2D eigenvalue weighted by Gasteiger charge is -2.12. The number of carbonyl (C=O) groups excluding carboxylic acids is 2. The van der Waals surface area contributed by atoms with Crippen LogP contribution in [0, 0.1) is 18.3 Å². The third-order valence-electron chi connectivity index (χ3n) is 3.76. The molecule has 31 heavy (non-hydrogen) atoms. The number of benzene rings is 1. The minimum atomic E-state index is -4.69. The molecule has 1 aromatic heterocycles. The normalized spacial score (nSPS) is 11.2. The van der Waals surface area contributed by atoms with Crippen LogP contribution in [0.15, 0.2) is 41.4 Å². The van der Waals surface area contributed by atoms with Crippen LogP contribution < -0.4 is 5.32 Å². The molecule has 0 saturated heterocycles. The summed E-state index contributed by atoms with van der Waals surface area (Å²) in [5, 5.41) is 11.6. The summed E-state index contributed by atoms with van der Waals surface area (Å²) in [6.45, 7) is 3.36. The number of nitrogens with one attached hydrogen (secondary N) is 1. The highest BCUT2D eigenvalue weighted by atomic mass is 32.2. The van der Waals surface area contributed by atoms with Crippen LogP contribution in [-0.2, 0) is 20.5 Å². The molecule has 162 valence electrons. The average Bonchev–Trinajstić information content (AvgIpc) is 2.71. The minimum absolute atomic E-state index is 0.0979. The van der Waals surface area contributed by atoms with Gasteiger partial charge >= 0.3 is 12.1 Å². The fraction of sp³-hybridized carbons (Fsp3) is 0.238. The van der Waals surface area contributed by atoms with Gasteiger partial charge in [-0.25, -0.2) is 9.78 Å². The number of aryl methyl sites for hydroxylation is 1. The van der Waals surface area contributed by atoms with E-state index in [9.17, 15) is 22.8 Å². The van der Waals surface area contributed by atoms with Crippen LogP contribution in [0.2, 0.25) is 0 Å². The Bertz CT molecular complexity index is 1030. The number of alkyl halides is 3. The first-order chi connectivity index (χ1) is 14.6. The van der Waals surface area contributed by atoms with Crippen molar-refractivity contribution in [3.05, 3.63) is 58.8 Å². The number of anilines is 1. The SMILES string of the molecule is CCOC(=O)/C=C/c1ccc(NC(=O)CSc2nc(C)cc(C(F)(F)F)c2C#N)cc1. The Hall–Kier alpha value is -3.32. The van der Waals surface area contributed by atoms with Gasteiger partial charge < -0.3 is 10.1 Å². The van der Waals surface area contributed by atoms with Gasteiger partial charge in [0.15, 0.2) is 0 Å². The van der Waals surface area contributed by atoms with E-state index in [0.29, 0.717) is 11.3 Å². The molecule has 2 aromatic rings. The molecule has 0 fully saturated rings. The number of esters is 1. The van der Waals surface area contributed by atoms with Gasteiger partial charge in [-0.15, -0.1) is 0 Å². The predicted molar refractivity (Wildman–Crippen MR) is 110 cm³/mol. The quantitative estimate of drug-likeness (QED) is 0.378. The van der Waals surface area contributed by atoms with Crippen LogP contribution in [0.3, 0.4) is 0 Å². The average molecular weight is 449 g/mol. The molecular formula is C21H18F3N3O3S. The van der Waals surface area contributed by atoms with Crippen LogP contribution in [0.5, 0.6) is 0 Å². The molecule has 1 N–H and O–H groups in total. The zero-order valence-corrected chi connectivity index (χ0v) is 17.4. The van der Waals surface area contributed by atoms with Crippen molar-refractivity contribution < 1.29 is 27.5 Å². The van der Waals surface area contributed by atoms with Gasteiger partial charge in [0, 0.05) is 17.5 Å². The van der Waals surface area contributed by atoms with Gasteiger partial charge in [-0.05, 0) is 43.7 Å². The van der Waals surface area contributed by atoms with Crippen molar-refractivity contribution in [2.24, 2.45) is 0 Å². The first-order valence-electron chi connectivity index (χ1n) is 9.00. The Labute approximate surface area is 181 Å². The molecule has 0 aliphatic heterocycles. The van der Waals surface area contributed by atoms with Crippen molar-refractivity contribution in [2.45, 2.75) is 25.0 Å². The first kappa shape index (κ1) is 24.0. The smallest absolute Gasteiger partial charge is 0.417 e. The Morgan fingerprint density at radius 1 is 1.29 bits per heavy atom. The van der Waals surface area contributed by atoms with Crippen molar-refractivity contribution in [2.75, 3.05) is 17.7 Å². The summed E-state index contributed by atoms with van der Waals surface area (Å²) < 4.78 is 44.2. The molecule has 10 heteroatoms. The second kappa shape index (κ2) is 10.6. The van der Waals surface area contributed by atoms with E-state index in [4.69, 9.17) is 10.00 Å². The number of rotatable bonds is 7. The molecule has 1 amide bonds. The number of hydrogen-bond acceptors (Lipinski definition) is 6. The minimum Gasteiger partial charge on any atom is -0.463 e. The summed E-state index contributed by atoms with van der Waals surface area (Å²) in [6, 6.07) is 8.90. The zero-order valence-electron chi connectivity index (χ0n) is 16.6. The monoisotopic (exact) mass is 449 g/mol. The van der Waals surface area contributed by atoms with Gasteiger partial charge in [0.2, 0.25) is 5.91 Å². The number of nitriles is 1. The lowest BCUT2D eigenvalue weighted by Crippen LogP contribution is -2.15. The molecule has 1 heterocycles. The van der Waals surface area contributed by atoms with Crippen LogP contribution in [0.4, 0.5) is 18.9 Å². The van der Waals surface area contributed by atoms with E-state index >= 15 is 0 Å².